The van der Waals surface area contributed by atoms with Crippen molar-refractivity contribution in [3.63, 3.8) is 0 Å². The number of hydrogen-bond acceptors (Lipinski definition) is 5. The highest BCUT2D eigenvalue weighted by Gasteiger charge is 2.35. The quantitative estimate of drug-likeness (QED) is 0.556. The van der Waals surface area contributed by atoms with E-state index in [1.54, 1.807) is 20.8 Å². The molecule has 0 saturated heterocycles. The van der Waals surface area contributed by atoms with Crippen LogP contribution in [0.3, 0.4) is 0 Å². The highest BCUT2D eigenvalue weighted by molar-refractivity contribution is 7.92. The van der Waals surface area contributed by atoms with Crippen molar-refractivity contribution in [2.45, 2.75) is 44.4 Å². The zero-order chi connectivity index (χ0) is 21.7. The summed E-state index contributed by atoms with van der Waals surface area (Å²) in [5.41, 5.74) is 6.91. The molecule has 0 saturated carbocycles. The second-order valence-electron chi connectivity index (χ2n) is 8.02. The van der Waals surface area contributed by atoms with Gasteiger partial charge in [-0.1, -0.05) is 30.3 Å². The van der Waals surface area contributed by atoms with Crippen LogP contribution in [0.1, 0.15) is 32.0 Å². The molecule has 2 amide bonds. The molecule has 2 aromatic rings. The highest BCUT2D eigenvalue weighted by atomic mass is 32.2. The Kier molecular flexibility index (Phi) is 7.18. The molecule has 158 valence electrons. The Morgan fingerprint density at radius 1 is 1.17 bits per heavy atom. The lowest BCUT2D eigenvalue weighted by molar-refractivity contribution is -0.129. The van der Waals surface area contributed by atoms with Gasteiger partial charge in [-0.2, -0.15) is 0 Å². The number of imidazole rings is 1. The number of H-pyrrole nitrogens is 1. The van der Waals surface area contributed by atoms with E-state index < -0.39 is 38.4 Å². The lowest BCUT2D eigenvalue weighted by Gasteiger charge is -2.25. The van der Waals surface area contributed by atoms with Crippen LogP contribution in [0.15, 0.2) is 42.9 Å². The average Bonchev–Trinajstić information content (AvgIpc) is 3.13. The standard InChI is InChI=1S/C20H28N4O4S/c1-20(2,3)29(27,28)12-15(9-14-7-5-4-6-8-14)19(26)24-17(18(21)25)10-16-11-22-13-23-16/h4-8,11,13,15,17H,9-10,12H2,1-3H3,(H2,21,25)(H,22,23)(H,24,26)/t15-,17+/m1/s1. The van der Waals surface area contributed by atoms with Crippen molar-refractivity contribution in [2.24, 2.45) is 11.7 Å². The number of carbonyl (C=O) groups excluding carboxylic acids is 2. The fourth-order valence-corrected chi connectivity index (χ4v) is 4.07. The molecule has 2 rings (SSSR count). The number of primary amides is 1. The minimum atomic E-state index is -3.56. The van der Waals surface area contributed by atoms with Gasteiger partial charge in [0.05, 0.1) is 22.7 Å². The Labute approximate surface area is 171 Å². The van der Waals surface area contributed by atoms with Crippen molar-refractivity contribution < 1.29 is 18.0 Å². The predicted octanol–water partition coefficient (Wildman–Crippen LogP) is 0.995. The van der Waals surface area contributed by atoms with Gasteiger partial charge in [-0.05, 0) is 32.8 Å². The van der Waals surface area contributed by atoms with Crippen LogP contribution in [0.2, 0.25) is 0 Å². The molecule has 1 aromatic carbocycles. The Hall–Kier alpha value is -2.68. The fourth-order valence-electron chi connectivity index (χ4n) is 2.77. The van der Waals surface area contributed by atoms with Gasteiger partial charge in [-0.25, -0.2) is 13.4 Å². The van der Waals surface area contributed by atoms with Crippen molar-refractivity contribution in [1.29, 1.82) is 0 Å². The Morgan fingerprint density at radius 2 is 1.83 bits per heavy atom. The first-order valence-corrected chi connectivity index (χ1v) is 11.0. The number of rotatable bonds is 9. The number of aromatic nitrogens is 2. The van der Waals surface area contributed by atoms with Crippen molar-refractivity contribution >= 4 is 21.7 Å². The summed E-state index contributed by atoms with van der Waals surface area (Å²) in [7, 11) is -3.56. The summed E-state index contributed by atoms with van der Waals surface area (Å²) in [5.74, 6) is -2.41. The Morgan fingerprint density at radius 3 is 2.34 bits per heavy atom. The molecule has 0 aliphatic heterocycles. The van der Waals surface area contributed by atoms with E-state index in [0.29, 0.717) is 5.69 Å². The van der Waals surface area contributed by atoms with Gasteiger partial charge in [0, 0.05) is 18.3 Å². The van der Waals surface area contributed by atoms with Crippen molar-refractivity contribution in [2.75, 3.05) is 5.75 Å². The molecule has 4 N–H and O–H groups in total. The largest absolute Gasteiger partial charge is 0.368 e. The van der Waals surface area contributed by atoms with Gasteiger partial charge in [0.15, 0.2) is 9.84 Å². The molecule has 29 heavy (non-hydrogen) atoms. The third-order valence-corrected chi connectivity index (χ3v) is 7.40. The molecule has 9 heteroatoms. The van der Waals surface area contributed by atoms with E-state index in [9.17, 15) is 18.0 Å². The number of nitrogens with one attached hydrogen (secondary N) is 2. The first-order valence-electron chi connectivity index (χ1n) is 9.33. The number of nitrogens with two attached hydrogens (primary N) is 1. The number of carbonyl (C=O) groups is 2. The lowest BCUT2D eigenvalue weighted by Crippen LogP contribution is -2.50. The molecular weight excluding hydrogens is 392 g/mol. The van der Waals surface area contributed by atoms with Gasteiger partial charge in [-0.3, -0.25) is 9.59 Å². The second-order valence-corrected chi connectivity index (χ2v) is 10.8. The number of nitrogens with zero attached hydrogens (tertiary/aromatic N) is 1. The Balaban J connectivity index is 2.23. The first kappa shape index (κ1) is 22.6. The molecule has 0 fully saturated rings. The summed E-state index contributed by atoms with van der Waals surface area (Å²) < 4.78 is 24.5. The lowest BCUT2D eigenvalue weighted by atomic mass is 9.99. The van der Waals surface area contributed by atoms with Crippen LogP contribution < -0.4 is 11.1 Å². The summed E-state index contributed by atoms with van der Waals surface area (Å²) in [4.78, 5) is 31.6. The normalized spacial score (nSPS) is 14.2. The zero-order valence-corrected chi connectivity index (χ0v) is 17.7. The van der Waals surface area contributed by atoms with E-state index in [1.807, 2.05) is 30.3 Å². The average molecular weight is 421 g/mol. The van der Waals surface area contributed by atoms with E-state index in [0.717, 1.165) is 5.56 Å². The third kappa shape index (κ3) is 6.42. The van der Waals surface area contributed by atoms with Gasteiger partial charge in [0.2, 0.25) is 11.8 Å². The number of benzene rings is 1. The van der Waals surface area contributed by atoms with Crippen LogP contribution in [0.4, 0.5) is 0 Å². The minimum Gasteiger partial charge on any atom is -0.368 e. The summed E-state index contributed by atoms with van der Waals surface area (Å²) in [6.07, 6.45) is 3.37. The second kappa shape index (κ2) is 9.21. The molecule has 1 aromatic heterocycles. The van der Waals surface area contributed by atoms with E-state index in [2.05, 4.69) is 15.3 Å². The molecule has 0 aliphatic carbocycles. The van der Waals surface area contributed by atoms with Gasteiger partial charge >= 0.3 is 0 Å². The molecule has 8 nitrogen and oxygen atoms in total. The maximum atomic E-state index is 13.0. The van der Waals surface area contributed by atoms with Crippen LogP contribution >= 0.6 is 0 Å². The van der Waals surface area contributed by atoms with Crippen molar-refractivity contribution in [1.82, 2.24) is 15.3 Å². The smallest absolute Gasteiger partial charge is 0.240 e. The molecule has 2 atom stereocenters. The van der Waals surface area contributed by atoms with Gasteiger partial charge in [0.25, 0.3) is 0 Å². The minimum absolute atomic E-state index is 0.144. The summed E-state index contributed by atoms with van der Waals surface area (Å²) in [5, 5.41) is 2.62. The molecule has 0 unspecified atom stereocenters. The van der Waals surface area contributed by atoms with Gasteiger partial charge in [0.1, 0.15) is 6.04 Å². The van der Waals surface area contributed by atoms with E-state index in [1.165, 1.54) is 12.5 Å². The molecule has 0 radical (unpaired) electrons. The van der Waals surface area contributed by atoms with E-state index in [-0.39, 0.29) is 18.6 Å². The summed E-state index contributed by atoms with van der Waals surface area (Å²) in [6.45, 7) is 4.80. The first-order chi connectivity index (χ1) is 13.5. The summed E-state index contributed by atoms with van der Waals surface area (Å²) in [6, 6.07) is 8.19. The number of sulfone groups is 1. The monoisotopic (exact) mass is 420 g/mol. The van der Waals surface area contributed by atoms with Crippen LogP contribution in [0, 0.1) is 5.92 Å². The number of hydrogen-bond donors (Lipinski definition) is 3. The topological polar surface area (TPSA) is 135 Å². The molecule has 0 spiro atoms. The number of aromatic amines is 1. The Bertz CT molecular complexity index is 919. The van der Waals surface area contributed by atoms with Crippen LogP contribution in [0.25, 0.3) is 0 Å². The fraction of sp³-hybridized carbons (Fsp3) is 0.450. The van der Waals surface area contributed by atoms with Crippen molar-refractivity contribution in [3.05, 3.63) is 54.1 Å². The highest BCUT2D eigenvalue weighted by Crippen LogP contribution is 2.21. The molecular formula is C20H28N4O4S. The maximum Gasteiger partial charge on any atom is 0.240 e. The molecule has 0 bridgehead atoms. The van der Waals surface area contributed by atoms with Crippen LogP contribution in [-0.4, -0.2) is 46.7 Å². The van der Waals surface area contributed by atoms with Crippen LogP contribution in [0.5, 0.6) is 0 Å². The van der Waals surface area contributed by atoms with Gasteiger partial charge < -0.3 is 16.0 Å². The third-order valence-electron chi connectivity index (χ3n) is 4.69. The van der Waals surface area contributed by atoms with Gasteiger partial charge in [-0.15, -0.1) is 0 Å². The van der Waals surface area contributed by atoms with E-state index in [4.69, 9.17) is 5.73 Å². The molecule has 0 aliphatic rings. The SMILES string of the molecule is CC(C)(C)S(=O)(=O)C[C@@H](Cc1ccccc1)C(=O)N[C@@H](Cc1cnc[nH]1)C(N)=O. The van der Waals surface area contributed by atoms with E-state index >= 15 is 0 Å². The summed E-state index contributed by atoms with van der Waals surface area (Å²) >= 11 is 0. The zero-order valence-electron chi connectivity index (χ0n) is 16.9. The van der Waals surface area contributed by atoms with Crippen molar-refractivity contribution in [3.8, 4) is 0 Å². The number of amides is 2. The van der Waals surface area contributed by atoms with Crippen LogP contribution in [-0.2, 0) is 32.3 Å². The molecule has 1 heterocycles. The maximum absolute atomic E-state index is 13.0. The predicted molar refractivity (Wildman–Crippen MR) is 111 cm³/mol.